The van der Waals surface area contributed by atoms with Crippen molar-refractivity contribution in [3.05, 3.63) is 78.4 Å². The highest BCUT2D eigenvalue weighted by atomic mass is 16.2. The van der Waals surface area contributed by atoms with E-state index in [-0.39, 0.29) is 5.91 Å². The van der Waals surface area contributed by atoms with Gasteiger partial charge in [-0.2, -0.15) is 5.10 Å². The number of aromatic nitrogens is 4. The van der Waals surface area contributed by atoms with Gasteiger partial charge < -0.3 is 9.88 Å². The molecule has 6 heteroatoms. The van der Waals surface area contributed by atoms with Gasteiger partial charge in [0, 0.05) is 42.0 Å². The minimum atomic E-state index is -0.0211. The molecule has 1 aliphatic rings. The second-order valence-electron chi connectivity index (χ2n) is 6.86. The fourth-order valence-electron chi connectivity index (χ4n) is 3.76. The lowest BCUT2D eigenvalue weighted by Gasteiger charge is -2.26. The number of carbonyl (C=O) groups is 1. The zero-order valence-corrected chi connectivity index (χ0v) is 15.2. The molecule has 3 aromatic heterocycles. The summed E-state index contributed by atoms with van der Waals surface area (Å²) in [5.74, 6) is -0.0211. The maximum Gasteiger partial charge on any atom is 0.272 e. The quantitative estimate of drug-likeness (QED) is 0.575. The smallest absolute Gasteiger partial charge is 0.272 e. The van der Waals surface area contributed by atoms with Gasteiger partial charge in [0.2, 0.25) is 0 Å². The van der Waals surface area contributed by atoms with Crippen molar-refractivity contribution >= 4 is 22.5 Å². The molecule has 0 fully saturated rings. The number of aromatic amines is 2. The van der Waals surface area contributed by atoms with E-state index in [0.717, 1.165) is 28.6 Å². The van der Waals surface area contributed by atoms with E-state index in [9.17, 15) is 4.79 Å². The van der Waals surface area contributed by atoms with Crippen molar-refractivity contribution in [3.8, 4) is 11.1 Å². The van der Waals surface area contributed by atoms with Crippen LogP contribution >= 0.6 is 0 Å². The van der Waals surface area contributed by atoms with Crippen LogP contribution in [-0.4, -0.2) is 44.1 Å². The standard InChI is InChI=1S/C22H19N5O/c28-22(20-19(14-25-26-20)15-5-2-1-3-6-15)27-11-8-16(9-12-27)18-13-24-21-17(18)7-4-10-23-21/h1-8,10,13-14H,9,11-12H2,(H,23,24)(H,25,26). The lowest BCUT2D eigenvalue weighted by atomic mass is 9.99. The van der Waals surface area contributed by atoms with Crippen molar-refractivity contribution in [2.24, 2.45) is 0 Å². The van der Waals surface area contributed by atoms with E-state index in [1.807, 2.05) is 47.5 Å². The highest BCUT2D eigenvalue weighted by molar-refractivity contribution is 5.99. The Kier molecular flexibility index (Phi) is 4.01. The monoisotopic (exact) mass is 369 g/mol. The average molecular weight is 369 g/mol. The molecule has 2 N–H and O–H groups in total. The lowest BCUT2D eigenvalue weighted by molar-refractivity contribution is 0.0768. The van der Waals surface area contributed by atoms with Crippen LogP contribution < -0.4 is 0 Å². The van der Waals surface area contributed by atoms with Gasteiger partial charge in [0.15, 0.2) is 0 Å². The van der Waals surface area contributed by atoms with E-state index in [0.29, 0.717) is 18.8 Å². The summed E-state index contributed by atoms with van der Waals surface area (Å²) in [5, 5.41) is 8.11. The minimum absolute atomic E-state index is 0.0211. The molecule has 0 aliphatic carbocycles. The SMILES string of the molecule is O=C(c1[nH]ncc1-c1ccccc1)N1CC=C(c2c[nH]c3ncccc23)CC1. The van der Waals surface area contributed by atoms with Crippen LogP contribution in [0.4, 0.5) is 0 Å². The summed E-state index contributed by atoms with van der Waals surface area (Å²) in [7, 11) is 0. The van der Waals surface area contributed by atoms with E-state index in [1.54, 1.807) is 12.4 Å². The van der Waals surface area contributed by atoms with Crippen molar-refractivity contribution < 1.29 is 4.79 Å². The number of benzene rings is 1. The highest BCUT2D eigenvalue weighted by Gasteiger charge is 2.24. The number of nitrogens with one attached hydrogen (secondary N) is 2. The van der Waals surface area contributed by atoms with Gasteiger partial charge in [-0.15, -0.1) is 0 Å². The average Bonchev–Trinajstić information content (AvgIpc) is 3.41. The summed E-state index contributed by atoms with van der Waals surface area (Å²) in [6.07, 6.45) is 8.45. The Morgan fingerprint density at radius 1 is 1.07 bits per heavy atom. The zero-order valence-electron chi connectivity index (χ0n) is 15.2. The number of H-pyrrole nitrogens is 2. The van der Waals surface area contributed by atoms with Gasteiger partial charge in [0.05, 0.1) is 6.20 Å². The second kappa shape index (κ2) is 6.81. The van der Waals surface area contributed by atoms with Gasteiger partial charge in [-0.25, -0.2) is 4.98 Å². The molecule has 0 saturated heterocycles. The molecule has 6 nitrogen and oxygen atoms in total. The number of amides is 1. The van der Waals surface area contributed by atoms with Crippen molar-refractivity contribution in [2.45, 2.75) is 6.42 Å². The first-order valence-electron chi connectivity index (χ1n) is 9.31. The third-order valence-electron chi connectivity index (χ3n) is 5.23. The Balaban J connectivity index is 1.39. The van der Waals surface area contributed by atoms with Gasteiger partial charge in [-0.3, -0.25) is 9.89 Å². The minimum Gasteiger partial charge on any atom is -0.346 e. The number of hydrogen-bond acceptors (Lipinski definition) is 3. The molecular formula is C22H19N5O. The third-order valence-corrected chi connectivity index (χ3v) is 5.23. The van der Waals surface area contributed by atoms with Crippen molar-refractivity contribution in [3.63, 3.8) is 0 Å². The molecule has 5 rings (SSSR count). The molecule has 0 bridgehead atoms. The van der Waals surface area contributed by atoms with Crippen LogP contribution in [0.3, 0.4) is 0 Å². The van der Waals surface area contributed by atoms with Crippen LogP contribution in [0.1, 0.15) is 22.5 Å². The fourth-order valence-corrected chi connectivity index (χ4v) is 3.76. The summed E-state index contributed by atoms with van der Waals surface area (Å²) < 4.78 is 0. The molecule has 4 heterocycles. The number of hydrogen-bond donors (Lipinski definition) is 2. The van der Waals surface area contributed by atoms with Crippen LogP contribution in [0.5, 0.6) is 0 Å². The van der Waals surface area contributed by atoms with E-state index in [1.165, 1.54) is 11.1 Å². The first kappa shape index (κ1) is 16.5. The summed E-state index contributed by atoms with van der Waals surface area (Å²) in [6.45, 7) is 1.25. The second-order valence-corrected chi connectivity index (χ2v) is 6.86. The van der Waals surface area contributed by atoms with Gasteiger partial charge in [-0.05, 0) is 29.7 Å². The zero-order chi connectivity index (χ0) is 18.9. The predicted octanol–water partition coefficient (Wildman–Crippen LogP) is 3.88. The van der Waals surface area contributed by atoms with Crippen LogP contribution in [0.15, 0.2) is 67.1 Å². The largest absolute Gasteiger partial charge is 0.346 e. The molecule has 0 radical (unpaired) electrons. The number of rotatable bonds is 3. The van der Waals surface area contributed by atoms with E-state index >= 15 is 0 Å². The molecule has 0 atom stereocenters. The third kappa shape index (κ3) is 2.79. The first-order chi connectivity index (χ1) is 13.8. The van der Waals surface area contributed by atoms with E-state index in [2.05, 4.69) is 32.3 Å². The molecule has 138 valence electrons. The highest BCUT2D eigenvalue weighted by Crippen LogP contribution is 2.29. The Bertz CT molecular complexity index is 1170. The normalized spacial score (nSPS) is 14.3. The topological polar surface area (TPSA) is 77.7 Å². The van der Waals surface area contributed by atoms with Crippen LogP contribution in [0.2, 0.25) is 0 Å². The maximum absolute atomic E-state index is 13.1. The summed E-state index contributed by atoms with van der Waals surface area (Å²) >= 11 is 0. The molecule has 28 heavy (non-hydrogen) atoms. The van der Waals surface area contributed by atoms with E-state index in [4.69, 9.17) is 0 Å². The van der Waals surface area contributed by atoms with E-state index < -0.39 is 0 Å². The lowest BCUT2D eigenvalue weighted by Crippen LogP contribution is -2.35. The molecule has 0 saturated carbocycles. The summed E-state index contributed by atoms with van der Waals surface area (Å²) in [6, 6.07) is 13.9. The van der Waals surface area contributed by atoms with Crippen LogP contribution in [0, 0.1) is 0 Å². The molecular weight excluding hydrogens is 350 g/mol. The van der Waals surface area contributed by atoms with Crippen molar-refractivity contribution in [2.75, 3.05) is 13.1 Å². The number of carbonyl (C=O) groups excluding carboxylic acids is 1. The maximum atomic E-state index is 13.1. The molecule has 1 aromatic carbocycles. The van der Waals surface area contributed by atoms with Gasteiger partial charge in [-0.1, -0.05) is 36.4 Å². The van der Waals surface area contributed by atoms with Crippen LogP contribution in [-0.2, 0) is 0 Å². The first-order valence-corrected chi connectivity index (χ1v) is 9.31. The molecule has 1 aliphatic heterocycles. The van der Waals surface area contributed by atoms with Gasteiger partial charge in [0.1, 0.15) is 11.3 Å². The summed E-state index contributed by atoms with van der Waals surface area (Å²) in [4.78, 5) is 22.5. The molecule has 0 unspecified atom stereocenters. The summed E-state index contributed by atoms with van der Waals surface area (Å²) in [5.41, 5.74) is 5.67. The van der Waals surface area contributed by atoms with Gasteiger partial charge in [0.25, 0.3) is 5.91 Å². The number of pyridine rings is 1. The Labute approximate surface area is 161 Å². The predicted molar refractivity (Wildman–Crippen MR) is 109 cm³/mol. The van der Waals surface area contributed by atoms with Crippen molar-refractivity contribution in [1.29, 1.82) is 0 Å². The van der Waals surface area contributed by atoms with Crippen LogP contribution in [0.25, 0.3) is 27.7 Å². The Morgan fingerprint density at radius 2 is 1.96 bits per heavy atom. The number of nitrogens with zero attached hydrogens (tertiary/aromatic N) is 3. The Morgan fingerprint density at radius 3 is 2.79 bits per heavy atom. The van der Waals surface area contributed by atoms with Crippen molar-refractivity contribution in [1.82, 2.24) is 25.1 Å². The number of fused-ring (bicyclic) bond motifs is 1. The molecule has 1 amide bonds. The molecule has 0 spiro atoms. The van der Waals surface area contributed by atoms with Gasteiger partial charge >= 0.3 is 0 Å². The fraction of sp³-hybridized carbons (Fsp3) is 0.136. The Hall–Kier alpha value is -3.67. The molecule has 4 aromatic rings.